The van der Waals surface area contributed by atoms with Crippen LogP contribution in [0, 0.1) is 28.4 Å². The smallest absolute Gasteiger partial charge is 0.280 e. The number of benzene rings is 1. The van der Waals surface area contributed by atoms with E-state index >= 15 is 0 Å². The van der Waals surface area contributed by atoms with Crippen molar-refractivity contribution in [3.8, 4) is 11.8 Å². The molecule has 1 aromatic carbocycles. The number of rotatable bonds is 6. The van der Waals surface area contributed by atoms with Crippen LogP contribution < -0.4 is 10.1 Å². The molecule has 0 saturated carbocycles. The van der Waals surface area contributed by atoms with E-state index in [2.05, 4.69) is 25.2 Å². The number of nitriles is 1. The van der Waals surface area contributed by atoms with Gasteiger partial charge in [0.2, 0.25) is 11.5 Å². The number of hydrogen-bond donors (Lipinski definition) is 1. The molecule has 0 saturated heterocycles. The van der Waals surface area contributed by atoms with Crippen molar-refractivity contribution in [1.82, 2.24) is 5.32 Å². The van der Waals surface area contributed by atoms with Crippen LogP contribution in [-0.2, 0) is 0 Å². The normalized spacial score (nSPS) is 18.3. The van der Waals surface area contributed by atoms with E-state index < -0.39 is 0 Å². The molecule has 29 heavy (non-hydrogen) atoms. The predicted octanol–water partition coefficient (Wildman–Crippen LogP) is 4.35. The summed E-state index contributed by atoms with van der Waals surface area (Å²) in [5.74, 6) is 1.56. The molecule has 0 bridgehead atoms. The van der Waals surface area contributed by atoms with Crippen molar-refractivity contribution in [2.45, 2.75) is 20.3 Å². The Kier molecular flexibility index (Phi) is 4.89. The molecule has 6 heteroatoms. The minimum absolute atomic E-state index is 0.213. The molecule has 1 aliphatic heterocycles. The quantitative estimate of drug-likeness (QED) is 0.587. The maximum Gasteiger partial charge on any atom is 0.280 e. The number of hydroxylamine groups is 1. The second-order valence-corrected chi connectivity index (χ2v) is 7.65. The van der Waals surface area contributed by atoms with Crippen molar-refractivity contribution in [2.75, 3.05) is 13.7 Å². The Hall–Kier alpha value is -3.46. The second kappa shape index (κ2) is 7.51. The summed E-state index contributed by atoms with van der Waals surface area (Å²) < 4.78 is 12.2. The summed E-state index contributed by atoms with van der Waals surface area (Å²) in [6.45, 7) is 5.08. The van der Waals surface area contributed by atoms with Crippen molar-refractivity contribution in [3.05, 3.63) is 64.7 Å². The lowest BCUT2D eigenvalue weighted by molar-refractivity contribution is -0.349. The number of nitrogens with zero attached hydrogens (tertiary/aromatic N) is 2. The Balaban J connectivity index is 1.80. The number of nitrogens with one attached hydrogen (secondary N) is 1. The standard InChI is InChI=1S/C23H23N3O3/c1-14(2)8-9-25-22-18-6-4-15(13-24)10-19(18)26(27)23(22)21-12-16-11-17(28-3)5-7-20(16)29-21/h4-7,10-12,14,18,25H,8-9H2,1-3H3. The number of allylic oxidation sites excluding steroid dienone is 4. The average molecular weight is 389 g/mol. The van der Waals surface area contributed by atoms with E-state index in [9.17, 15) is 10.5 Å². The molecular formula is C23H23N3O3. The summed E-state index contributed by atoms with van der Waals surface area (Å²) in [6, 6.07) is 9.52. The summed E-state index contributed by atoms with van der Waals surface area (Å²) in [6.07, 6.45) is 6.30. The Labute approximate surface area is 169 Å². The lowest BCUT2D eigenvalue weighted by atomic mass is 9.93. The fourth-order valence-electron chi connectivity index (χ4n) is 3.67. The first kappa shape index (κ1) is 18.9. The molecular weight excluding hydrogens is 366 g/mol. The van der Waals surface area contributed by atoms with Gasteiger partial charge in [0.05, 0.1) is 18.8 Å². The molecule has 1 unspecified atom stereocenters. The second-order valence-electron chi connectivity index (χ2n) is 7.65. The molecule has 0 amide bonds. The molecule has 1 atom stereocenters. The van der Waals surface area contributed by atoms with Crippen molar-refractivity contribution >= 4 is 22.4 Å². The lowest BCUT2D eigenvalue weighted by Crippen LogP contribution is -2.25. The van der Waals surface area contributed by atoms with E-state index in [4.69, 9.17) is 9.15 Å². The lowest BCUT2D eigenvalue weighted by Gasteiger charge is -2.14. The van der Waals surface area contributed by atoms with Gasteiger partial charge in [-0.15, -0.1) is 0 Å². The van der Waals surface area contributed by atoms with Crippen LogP contribution in [0.1, 0.15) is 26.0 Å². The molecule has 2 aromatic rings. The van der Waals surface area contributed by atoms with Gasteiger partial charge in [-0.05, 0) is 42.7 Å². The van der Waals surface area contributed by atoms with Gasteiger partial charge >= 0.3 is 0 Å². The minimum Gasteiger partial charge on any atom is -0.618 e. The van der Waals surface area contributed by atoms with Crippen LogP contribution in [-0.4, -0.2) is 24.1 Å². The monoisotopic (exact) mass is 389 g/mol. The molecule has 0 fully saturated rings. The number of fused-ring (bicyclic) bond motifs is 2. The number of methoxy groups -OCH3 is 1. The first-order valence-corrected chi connectivity index (χ1v) is 9.72. The molecule has 1 N–H and O–H groups in total. The zero-order valence-corrected chi connectivity index (χ0v) is 16.7. The summed E-state index contributed by atoms with van der Waals surface area (Å²) in [7, 11) is 1.62. The van der Waals surface area contributed by atoms with Crippen LogP contribution in [0.15, 0.2) is 58.2 Å². The Morgan fingerprint density at radius 1 is 1.34 bits per heavy atom. The van der Waals surface area contributed by atoms with E-state index in [1.165, 1.54) is 0 Å². The zero-order valence-electron chi connectivity index (χ0n) is 16.7. The van der Waals surface area contributed by atoms with Gasteiger partial charge in [-0.1, -0.05) is 19.9 Å². The molecule has 6 nitrogen and oxygen atoms in total. The van der Waals surface area contributed by atoms with Gasteiger partial charge in [0, 0.05) is 18.0 Å². The molecule has 1 aliphatic carbocycles. The van der Waals surface area contributed by atoms with E-state index in [1.807, 2.05) is 30.3 Å². The SMILES string of the molecule is COc1ccc2oc(C3=C(NCCC(C)C)C4C=CC(C#N)=CC4=[N+]3[O-])cc2c1. The van der Waals surface area contributed by atoms with Gasteiger partial charge in [0.25, 0.3) is 5.70 Å². The third kappa shape index (κ3) is 3.40. The van der Waals surface area contributed by atoms with Crippen LogP contribution in [0.5, 0.6) is 5.75 Å². The molecule has 2 heterocycles. The summed E-state index contributed by atoms with van der Waals surface area (Å²) in [5, 5.41) is 26.8. The highest BCUT2D eigenvalue weighted by Gasteiger charge is 2.40. The number of ether oxygens (including phenoxy) is 1. The highest BCUT2D eigenvalue weighted by Crippen LogP contribution is 2.37. The largest absolute Gasteiger partial charge is 0.618 e. The number of furan rings is 1. The van der Waals surface area contributed by atoms with Gasteiger partial charge in [-0.25, -0.2) is 0 Å². The van der Waals surface area contributed by atoms with Crippen molar-refractivity contribution < 1.29 is 13.9 Å². The van der Waals surface area contributed by atoms with Crippen LogP contribution in [0.25, 0.3) is 16.7 Å². The van der Waals surface area contributed by atoms with E-state index in [-0.39, 0.29) is 5.92 Å². The van der Waals surface area contributed by atoms with Crippen LogP contribution in [0.2, 0.25) is 0 Å². The van der Waals surface area contributed by atoms with Gasteiger partial charge in [-0.3, -0.25) is 0 Å². The van der Waals surface area contributed by atoms with Gasteiger partial charge in [0.15, 0.2) is 0 Å². The van der Waals surface area contributed by atoms with Crippen molar-refractivity contribution in [2.24, 2.45) is 11.8 Å². The first-order chi connectivity index (χ1) is 14.0. The fourth-order valence-corrected chi connectivity index (χ4v) is 3.67. The summed E-state index contributed by atoms with van der Waals surface area (Å²) in [4.78, 5) is 0. The minimum atomic E-state index is -0.213. The molecule has 4 rings (SSSR count). The Bertz CT molecular complexity index is 1130. The molecule has 2 aliphatic rings. The first-order valence-electron chi connectivity index (χ1n) is 9.72. The molecule has 148 valence electrons. The molecule has 1 aromatic heterocycles. The van der Waals surface area contributed by atoms with Crippen molar-refractivity contribution in [3.63, 3.8) is 0 Å². The third-order valence-electron chi connectivity index (χ3n) is 5.22. The van der Waals surface area contributed by atoms with E-state index in [0.717, 1.165) is 34.5 Å². The van der Waals surface area contributed by atoms with Crippen LogP contribution in [0.3, 0.4) is 0 Å². The number of hydrogen-bond acceptors (Lipinski definition) is 5. The summed E-state index contributed by atoms with van der Waals surface area (Å²) >= 11 is 0. The van der Waals surface area contributed by atoms with E-state index in [0.29, 0.717) is 34.2 Å². The maximum absolute atomic E-state index is 13.2. The summed E-state index contributed by atoms with van der Waals surface area (Å²) in [5.41, 5.74) is 2.96. The van der Waals surface area contributed by atoms with Crippen LogP contribution in [0.4, 0.5) is 0 Å². The fraction of sp³-hybridized carbons (Fsp3) is 0.304. The Morgan fingerprint density at radius 3 is 2.90 bits per heavy atom. The van der Waals surface area contributed by atoms with Gasteiger partial charge in [-0.2, -0.15) is 10.0 Å². The highest BCUT2D eigenvalue weighted by molar-refractivity contribution is 6.03. The van der Waals surface area contributed by atoms with Crippen molar-refractivity contribution in [1.29, 1.82) is 5.26 Å². The average Bonchev–Trinajstić information content (AvgIpc) is 3.25. The predicted molar refractivity (Wildman–Crippen MR) is 112 cm³/mol. The van der Waals surface area contributed by atoms with Gasteiger partial charge in [0.1, 0.15) is 22.9 Å². The van der Waals surface area contributed by atoms with Gasteiger partial charge < -0.3 is 19.7 Å². The Morgan fingerprint density at radius 2 is 2.17 bits per heavy atom. The highest BCUT2D eigenvalue weighted by atomic mass is 16.5. The third-order valence-corrected chi connectivity index (χ3v) is 5.22. The van der Waals surface area contributed by atoms with E-state index in [1.54, 1.807) is 19.3 Å². The topological polar surface area (TPSA) is 84.3 Å². The molecule has 0 spiro atoms. The molecule has 0 radical (unpaired) electrons. The zero-order chi connectivity index (χ0) is 20.5. The van der Waals surface area contributed by atoms with Crippen LogP contribution >= 0.6 is 0 Å². The maximum atomic E-state index is 13.2.